The van der Waals surface area contributed by atoms with E-state index >= 15 is 0 Å². The topological polar surface area (TPSA) is 109 Å². The summed E-state index contributed by atoms with van der Waals surface area (Å²) >= 11 is 6.30. The number of amides is 2. The zero-order valence-electron chi connectivity index (χ0n) is 18.5. The molecular weight excluding hydrogens is 442 g/mol. The van der Waals surface area contributed by atoms with Gasteiger partial charge >= 0.3 is 6.03 Å². The standard InChI is InChI=1S/C23H28ClN7O2/c24-18-11-5-4-7-15(18)14-31-21-19(28-29-31)22(32)27-20(26-21)16-8-6-12-30(13-16)23(33)25-17-9-2-1-3-10-17/h4-5,7,11,16-17H,1-3,6,8-10,12-14H2,(H,25,33)(H,26,27,32). The molecule has 0 bridgehead atoms. The van der Waals surface area contributed by atoms with Gasteiger partial charge in [-0.3, -0.25) is 4.79 Å². The zero-order valence-corrected chi connectivity index (χ0v) is 19.2. The molecule has 3 heterocycles. The fraction of sp³-hybridized carbons (Fsp3) is 0.522. The van der Waals surface area contributed by atoms with Crippen molar-refractivity contribution in [2.45, 2.75) is 63.5 Å². The number of aromatic nitrogens is 5. The van der Waals surface area contributed by atoms with Gasteiger partial charge in [0.05, 0.1) is 6.54 Å². The van der Waals surface area contributed by atoms with E-state index in [0.717, 1.165) is 31.2 Å². The number of halogens is 1. The minimum atomic E-state index is -0.316. The molecule has 2 N–H and O–H groups in total. The monoisotopic (exact) mass is 469 g/mol. The van der Waals surface area contributed by atoms with Crippen molar-refractivity contribution >= 4 is 28.8 Å². The summed E-state index contributed by atoms with van der Waals surface area (Å²) in [7, 11) is 0. The average Bonchev–Trinajstić information content (AvgIpc) is 3.24. The molecule has 2 amide bonds. The number of H-pyrrole nitrogens is 1. The van der Waals surface area contributed by atoms with Crippen LogP contribution in [-0.4, -0.2) is 55.0 Å². The van der Waals surface area contributed by atoms with Crippen molar-refractivity contribution in [1.82, 2.24) is 35.2 Å². The van der Waals surface area contributed by atoms with E-state index in [2.05, 4.69) is 20.6 Å². The maximum absolute atomic E-state index is 12.9. The van der Waals surface area contributed by atoms with E-state index in [1.807, 2.05) is 29.2 Å². The van der Waals surface area contributed by atoms with E-state index in [1.165, 1.54) is 19.3 Å². The molecule has 5 rings (SSSR count). The predicted molar refractivity (Wildman–Crippen MR) is 125 cm³/mol. The summed E-state index contributed by atoms with van der Waals surface area (Å²) in [5, 5.41) is 12.0. The molecule has 1 atom stereocenters. The van der Waals surface area contributed by atoms with Gasteiger partial charge in [0.15, 0.2) is 11.2 Å². The van der Waals surface area contributed by atoms with Crippen LogP contribution >= 0.6 is 11.6 Å². The SMILES string of the molecule is O=C(NC1CCCCC1)N1CCCC(c2nc3c(nnn3Cc3ccccc3Cl)c(=O)[nH]2)C1. The summed E-state index contributed by atoms with van der Waals surface area (Å²) in [5.41, 5.74) is 1.19. The lowest BCUT2D eigenvalue weighted by Gasteiger charge is -2.34. The quantitative estimate of drug-likeness (QED) is 0.608. The van der Waals surface area contributed by atoms with Gasteiger partial charge in [0, 0.05) is 30.1 Å². The van der Waals surface area contributed by atoms with Gasteiger partial charge in [-0.05, 0) is 37.3 Å². The number of carbonyl (C=O) groups is 1. The third-order valence-corrected chi connectivity index (χ3v) is 7.07. The molecule has 3 aromatic rings. The maximum atomic E-state index is 12.9. The summed E-state index contributed by atoms with van der Waals surface area (Å²) < 4.78 is 1.60. The number of likely N-dealkylation sites (tertiary alicyclic amines) is 1. The van der Waals surface area contributed by atoms with Crippen molar-refractivity contribution in [1.29, 1.82) is 0 Å². The first kappa shape index (κ1) is 21.9. The number of piperidine rings is 1. The summed E-state index contributed by atoms with van der Waals surface area (Å²) in [6.07, 6.45) is 7.42. The highest BCUT2D eigenvalue weighted by Gasteiger charge is 2.28. The van der Waals surface area contributed by atoms with Gasteiger partial charge in [0.25, 0.3) is 5.56 Å². The third kappa shape index (κ3) is 4.73. The van der Waals surface area contributed by atoms with Crippen LogP contribution < -0.4 is 10.9 Å². The van der Waals surface area contributed by atoms with Gasteiger partial charge in [0.2, 0.25) is 0 Å². The number of fused-ring (bicyclic) bond motifs is 1. The van der Waals surface area contributed by atoms with Gasteiger partial charge in [-0.2, -0.15) is 0 Å². The van der Waals surface area contributed by atoms with E-state index in [1.54, 1.807) is 4.68 Å². The van der Waals surface area contributed by atoms with Crippen molar-refractivity contribution in [2.75, 3.05) is 13.1 Å². The highest BCUT2D eigenvalue weighted by atomic mass is 35.5. The number of hydrogen-bond donors (Lipinski definition) is 2. The second-order valence-corrected chi connectivity index (χ2v) is 9.44. The fourth-order valence-electron chi connectivity index (χ4n) is 4.87. The number of benzene rings is 1. The molecule has 1 unspecified atom stereocenters. The first-order valence-electron chi connectivity index (χ1n) is 11.7. The molecule has 1 aliphatic heterocycles. The molecule has 1 aromatic carbocycles. The van der Waals surface area contributed by atoms with Crippen LogP contribution in [0.5, 0.6) is 0 Å². The Bertz CT molecular complexity index is 1200. The lowest BCUT2D eigenvalue weighted by Crippen LogP contribution is -2.48. The second kappa shape index (κ2) is 9.51. The number of nitrogens with zero attached hydrogens (tertiary/aromatic N) is 5. The summed E-state index contributed by atoms with van der Waals surface area (Å²) in [6.45, 7) is 1.61. The third-order valence-electron chi connectivity index (χ3n) is 6.70. The molecule has 1 aliphatic carbocycles. The van der Waals surface area contributed by atoms with E-state index in [0.29, 0.717) is 36.1 Å². The number of nitrogens with one attached hydrogen (secondary N) is 2. The van der Waals surface area contributed by atoms with Crippen molar-refractivity contribution < 1.29 is 4.79 Å². The van der Waals surface area contributed by atoms with Crippen molar-refractivity contribution in [2.24, 2.45) is 0 Å². The number of carbonyl (C=O) groups excluding carboxylic acids is 1. The number of rotatable bonds is 4. The number of urea groups is 1. The van der Waals surface area contributed by atoms with Crippen LogP contribution in [0, 0.1) is 0 Å². The molecule has 9 nitrogen and oxygen atoms in total. The number of aromatic amines is 1. The Kier molecular flexibility index (Phi) is 6.30. The van der Waals surface area contributed by atoms with Gasteiger partial charge < -0.3 is 15.2 Å². The Morgan fingerprint density at radius 2 is 1.97 bits per heavy atom. The van der Waals surface area contributed by atoms with Gasteiger partial charge in [-0.25, -0.2) is 14.5 Å². The molecule has 2 fully saturated rings. The molecule has 1 saturated carbocycles. The van der Waals surface area contributed by atoms with Crippen LogP contribution in [0.15, 0.2) is 29.1 Å². The average molecular weight is 470 g/mol. The van der Waals surface area contributed by atoms with E-state index in [4.69, 9.17) is 16.6 Å². The Balaban J connectivity index is 1.36. The largest absolute Gasteiger partial charge is 0.335 e. The molecule has 33 heavy (non-hydrogen) atoms. The van der Waals surface area contributed by atoms with Crippen molar-refractivity contribution in [3.05, 3.63) is 51.0 Å². The molecule has 1 saturated heterocycles. The fourth-order valence-corrected chi connectivity index (χ4v) is 5.06. The van der Waals surface area contributed by atoms with Crippen LogP contribution in [0.3, 0.4) is 0 Å². The summed E-state index contributed by atoms with van der Waals surface area (Å²) in [6, 6.07) is 7.75. The van der Waals surface area contributed by atoms with Crippen LogP contribution in [0.1, 0.15) is 62.3 Å². The lowest BCUT2D eigenvalue weighted by molar-refractivity contribution is 0.171. The maximum Gasteiger partial charge on any atom is 0.317 e. The summed E-state index contributed by atoms with van der Waals surface area (Å²) in [5.74, 6) is 0.530. The molecule has 0 spiro atoms. The normalized spacial score (nSPS) is 19.7. The van der Waals surface area contributed by atoms with Crippen molar-refractivity contribution in [3.63, 3.8) is 0 Å². The first-order chi connectivity index (χ1) is 16.1. The molecule has 10 heteroatoms. The molecular formula is C23H28ClN7O2. The molecule has 174 valence electrons. The molecule has 2 aliphatic rings. The van der Waals surface area contributed by atoms with Crippen LogP contribution in [-0.2, 0) is 6.54 Å². The van der Waals surface area contributed by atoms with Crippen LogP contribution in [0.2, 0.25) is 5.02 Å². The van der Waals surface area contributed by atoms with Gasteiger partial charge in [-0.15, -0.1) is 5.10 Å². The van der Waals surface area contributed by atoms with E-state index < -0.39 is 0 Å². The molecule has 0 radical (unpaired) electrons. The van der Waals surface area contributed by atoms with Gasteiger partial charge in [0.1, 0.15) is 5.82 Å². The van der Waals surface area contributed by atoms with E-state index in [9.17, 15) is 9.59 Å². The lowest BCUT2D eigenvalue weighted by atomic mass is 9.95. The smallest absolute Gasteiger partial charge is 0.317 e. The Hall–Kier alpha value is -2.94. The van der Waals surface area contributed by atoms with Gasteiger partial charge in [-0.1, -0.05) is 54.3 Å². The minimum Gasteiger partial charge on any atom is -0.335 e. The Morgan fingerprint density at radius 3 is 2.79 bits per heavy atom. The Labute approximate surface area is 196 Å². The number of hydrogen-bond acceptors (Lipinski definition) is 5. The zero-order chi connectivity index (χ0) is 22.8. The van der Waals surface area contributed by atoms with E-state index in [-0.39, 0.29) is 29.1 Å². The van der Waals surface area contributed by atoms with Crippen molar-refractivity contribution in [3.8, 4) is 0 Å². The highest BCUT2D eigenvalue weighted by Crippen LogP contribution is 2.26. The summed E-state index contributed by atoms with van der Waals surface area (Å²) in [4.78, 5) is 35.1. The molecule has 2 aromatic heterocycles. The Morgan fingerprint density at radius 1 is 1.15 bits per heavy atom. The van der Waals surface area contributed by atoms with Crippen LogP contribution in [0.25, 0.3) is 11.2 Å². The second-order valence-electron chi connectivity index (χ2n) is 9.03. The van der Waals surface area contributed by atoms with Crippen LogP contribution in [0.4, 0.5) is 4.79 Å². The minimum absolute atomic E-state index is 0.0135. The highest BCUT2D eigenvalue weighted by molar-refractivity contribution is 6.31. The first-order valence-corrected chi connectivity index (χ1v) is 12.1. The predicted octanol–water partition coefficient (Wildman–Crippen LogP) is 3.44.